The van der Waals surface area contributed by atoms with Crippen molar-refractivity contribution in [2.75, 3.05) is 5.43 Å². The third kappa shape index (κ3) is 2.38. The normalized spacial score (nSPS) is 13.4. The molecule has 1 aromatic heterocycles. The van der Waals surface area contributed by atoms with E-state index in [0.717, 1.165) is 34.5 Å². The van der Waals surface area contributed by atoms with Crippen LogP contribution in [0.3, 0.4) is 0 Å². The summed E-state index contributed by atoms with van der Waals surface area (Å²) in [5.74, 6) is 0.998. The average molecular weight is 254 g/mol. The van der Waals surface area contributed by atoms with Crippen LogP contribution in [0.2, 0.25) is 0 Å². The van der Waals surface area contributed by atoms with Gasteiger partial charge in [-0.2, -0.15) is 0 Å². The number of hydrogen-bond acceptors (Lipinski definition) is 4. The number of unbranched alkanes of at least 4 members (excludes halogenated alkanes) is 2. The van der Waals surface area contributed by atoms with Crippen LogP contribution in [0.15, 0.2) is 35.5 Å². The van der Waals surface area contributed by atoms with Gasteiger partial charge in [0.2, 0.25) is 0 Å². The highest BCUT2D eigenvalue weighted by atomic mass is 15.4. The van der Waals surface area contributed by atoms with Gasteiger partial charge in [-0.05, 0) is 12.5 Å². The maximum Gasteiger partial charge on any atom is 0.121 e. The predicted octanol–water partition coefficient (Wildman–Crippen LogP) is 3.78. The largest absolute Gasteiger partial charge is 0.297 e. The van der Waals surface area contributed by atoms with E-state index in [9.17, 15) is 0 Å². The van der Waals surface area contributed by atoms with Gasteiger partial charge in [0.25, 0.3) is 0 Å². The summed E-state index contributed by atoms with van der Waals surface area (Å²) in [6, 6.07) is 8.09. The second-order valence-corrected chi connectivity index (χ2v) is 4.80. The Morgan fingerprint density at radius 2 is 2.00 bits per heavy atom. The van der Waals surface area contributed by atoms with E-state index in [2.05, 4.69) is 33.8 Å². The predicted molar refractivity (Wildman–Crippen MR) is 79.7 cm³/mol. The Morgan fingerprint density at radius 1 is 1.11 bits per heavy atom. The Labute approximate surface area is 112 Å². The maximum absolute atomic E-state index is 4.65. The fourth-order valence-corrected chi connectivity index (χ4v) is 2.32. The molecule has 0 bridgehead atoms. The zero-order valence-corrected chi connectivity index (χ0v) is 11.1. The van der Waals surface area contributed by atoms with Crippen molar-refractivity contribution < 1.29 is 0 Å². The molecule has 0 unspecified atom stereocenters. The lowest BCUT2D eigenvalue weighted by molar-refractivity contribution is 0.733. The molecule has 0 aliphatic carbocycles. The van der Waals surface area contributed by atoms with Crippen LogP contribution in [0.25, 0.3) is 10.9 Å². The molecule has 2 N–H and O–H groups in total. The van der Waals surface area contributed by atoms with Gasteiger partial charge in [0.1, 0.15) is 11.5 Å². The minimum absolute atomic E-state index is 0.920. The Bertz CT molecular complexity index is 619. The SMILES string of the molecule is CCCCCC1=Nc2cnc3ccccc3c2NN1. The minimum Gasteiger partial charge on any atom is -0.297 e. The smallest absolute Gasteiger partial charge is 0.121 e. The van der Waals surface area contributed by atoms with E-state index in [0.29, 0.717) is 0 Å². The molecule has 0 radical (unpaired) electrons. The van der Waals surface area contributed by atoms with Gasteiger partial charge in [-0.1, -0.05) is 38.0 Å². The topological polar surface area (TPSA) is 49.3 Å². The van der Waals surface area contributed by atoms with Crippen LogP contribution < -0.4 is 10.9 Å². The van der Waals surface area contributed by atoms with Gasteiger partial charge in [-0.25, -0.2) is 4.99 Å². The molecule has 0 amide bonds. The van der Waals surface area contributed by atoms with E-state index in [1.54, 1.807) is 0 Å². The third-order valence-electron chi connectivity index (χ3n) is 3.36. The lowest BCUT2D eigenvalue weighted by Crippen LogP contribution is -2.32. The Hall–Kier alpha value is -2.10. The summed E-state index contributed by atoms with van der Waals surface area (Å²) < 4.78 is 0. The number of anilines is 1. The van der Waals surface area contributed by atoms with Crippen molar-refractivity contribution in [1.29, 1.82) is 0 Å². The number of para-hydroxylation sites is 1. The Kier molecular flexibility index (Phi) is 3.31. The van der Waals surface area contributed by atoms with Gasteiger partial charge in [0.15, 0.2) is 0 Å². The molecule has 2 aromatic rings. The zero-order chi connectivity index (χ0) is 13.1. The molecule has 1 aliphatic heterocycles. The molecule has 0 fully saturated rings. The molecular formula is C15H18N4. The second kappa shape index (κ2) is 5.26. The fraction of sp³-hybridized carbons (Fsp3) is 0.333. The molecule has 0 saturated carbocycles. The first kappa shape index (κ1) is 12.0. The molecule has 0 saturated heterocycles. The number of benzene rings is 1. The van der Waals surface area contributed by atoms with Crippen molar-refractivity contribution in [3.8, 4) is 0 Å². The van der Waals surface area contributed by atoms with E-state index in [-0.39, 0.29) is 0 Å². The summed E-state index contributed by atoms with van der Waals surface area (Å²) in [5.41, 5.74) is 9.39. The first-order chi connectivity index (χ1) is 9.38. The minimum atomic E-state index is 0.920. The van der Waals surface area contributed by atoms with Gasteiger partial charge in [-0.3, -0.25) is 15.8 Å². The van der Waals surface area contributed by atoms with Crippen molar-refractivity contribution in [2.45, 2.75) is 32.6 Å². The zero-order valence-electron chi connectivity index (χ0n) is 11.1. The Balaban J connectivity index is 1.91. The molecular weight excluding hydrogens is 236 g/mol. The molecule has 0 spiro atoms. The Morgan fingerprint density at radius 3 is 2.89 bits per heavy atom. The average Bonchev–Trinajstić information content (AvgIpc) is 2.47. The van der Waals surface area contributed by atoms with Crippen molar-refractivity contribution >= 4 is 28.1 Å². The van der Waals surface area contributed by atoms with E-state index in [1.165, 1.54) is 19.3 Å². The highest BCUT2D eigenvalue weighted by molar-refractivity contribution is 6.01. The van der Waals surface area contributed by atoms with Crippen molar-refractivity contribution in [3.05, 3.63) is 30.5 Å². The molecule has 4 heteroatoms. The van der Waals surface area contributed by atoms with Crippen LogP contribution in [0.4, 0.5) is 11.4 Å². The van der Waals surface area contributed by atoms with Crippen molar-refractivity contribution in [1.82, 2.24) is 10.4 Å². The van der Waals surface area contributed by atoms with E-state index >= 15 is 0 Å². The molecule has 98 valence electrons. The highest BCUT2D eigenvalue weighted by Gasteiger charge is 2.13. The third-order valence-corrected chi connectivity index (χ3v) is 3.36. The molecule has 3 rings (SSSR count). The molecule has 19 heavy (non-hydrogen) atoms. The second-order valence-electron chi connectivity index (χ2n) is 4.80. The maximum atomic E-state index is 4.65. The van der Waals surface area contributed by atoms with Crippen molar-refractivity contribution in [2.24, 2.45) is 4.99 Å². The van der Waals surface area contributed by atoms with Gasteiger partial charge in [-0.15, -0.1) is 0 Å². The summed E-state index contributed by atoms with van der Waals surface area (Å²) in [7, 11) is 0. The monoisotopic (exact) mass is 254 g/mol. The van der Waals surface area contributed by atoms with Crippen LogP contribution in [0.5, 0.6) is 0 Å². The van der Waals surface area contributed by atoms with Crippen LogP contribution >= 0.6 is 0 Å². The first-order valence-electron chi connectivity index (χ1n) is 6.86. The standard InChI is InChI=1S/C15H18N4/c1-2-3-4-9-14-17-13-10-16-12-8-6-5-7-11(12)15(13)19-18-14/h5-8,10,19H,2-4,9H2,1H3,(H,17,18). The number of aliphatic imine (C=N–C) groups is 1. The van der Waals surface area contributed by atoms with Gasteiger partial charge < -0.3 is 0 Å². The summed E-state index contributed by atoms with van der Waals surface area (Å²) >= 11 is 0. The molecule has 1 aliphatic rings. The van der Waals surface area contributed by atoms with E-state index < -0.39 is 0 Å². The number of rotatable bonds is 4. The van der Waals surface area contributed by atoms with Gasteiger partial charge >= 0.3 is 0 Å². The van der Waals surface area contributed by atoms with E-state index in [1.807, 2.05) is 24.4 Å². The lowest BCUT2D eigenvalue weighted by Gasteiger charge is -2.20. The summed E-state index contributed by atoms with van der Waals surface area (Å²) in [5, 5.41) is 1.10. The number of nitrogens with zero attached hydrogens (tertiary/aromatic N) is 2. The number of hydrazine groups is 1. The number of hydrogen-bond donors (Lipinski definition) is 2. The first-order valence-corrected chi connectivity index (χ1v) is 6.86. The van der Waals surface area contributed by atoms with Gasteiger partial charge in [0.05, 0.1) is 17.4 Å². The quantitative estimate of drug-likeness (QED) is 0.816. The summed E-state index contributed by atoms with van der Waals surface area (Å²) in [6.45, 7) is 2.21. The number of nitrogens with one attached hydrogen (secondary N) is 2. The number of fused-ring (bicyclic) bond motifs is 3. The van der Waals surface area contributed by atoms with Gasteiger partial charge in [0, 0.05) is 11.8 Å². The molecule has 1 aromatic carbocycles. The summed E-state index contributed by atoms with van der Waals surface area (Å²) in [4.78, 5) is 9.10. The molecule has 0 atom stereocenters. The van der Waals surface area contributed by atoms with Crippen molar-refractivity contribution in [3.63, 3.8) is 0 Å². The lowest BCUT2D eigenvalue weighted by atomic mass is 10.1. The van der Waals surface area contributed by atoms with Crippen LogP contribution in [0, 0.1) is 0 Å². The molecule has 2 heterocycles. The van der Waals surface area contributed by atoms with E-state index in [4.69, 9.17) is 0 Å². The van der Waals surface area contributed by atoms with Crippen LogP contribution in [0.1, 0.15) is 32.6 Å². The van der Waals surface area contributed by atoms with Crippen LogP contribution in [-0.4, -0.2) is 10.8 Å². The number of amidine groups is 1. The number of aromatic nitrogens is 1. The van der Waals surface area contributed by atoms with Crippen LogP contribution in [-0.2, 0) is 0 Å². The molecule has 4 nitrogen and oxygen atoms in total. The number of pyridine rings is 1. The highest BCUT2D eigenvalue weighted by Crippen LogP contribution is 2.33. The fourth-order valence-electron chi connectivity index (χ4n) is 2.32. The summed E-state index contributed by atoms with van der Waals surface area (Å²) in [6.07, 6.45) is 6.45.